The van der Waals surface area contributed by atoms with Gasteiger partial charge in [-0.1, -0.05) is 13.8 Å². The summed E-state index contributed by atoms with van der Waals surface area (Å²) in [5, 5.41) is 0. The lowest BCUT2D eigenvalue weighted by molar-refractivity contribution is -0.144. The van der Waals surface area contributed by atoms with Gasteiger partial charge in [-0.2, -0.15) is 0 Å². The van der Waals surface area contributed by atoms with E-state index >= 15 is 0 Å². The van der Waals surface area contributed by atoms with E-state index in [2.05, 4.69) is 13.8 Å². The van der Waals surface area contributed by atoms with Crippen molar-refractivity contribution in [2.75, 3.05) is 6.61 Å². The maximum absolute atomic E-state index is 12.0. The van der Waals surface area contributed by atoms with Crippen molar-refractivity contribution >= 4 is 11.8 Å². The molecule has 0 saturated heterocycles. The van der Waals surface area contributed by atoms with Crippen molar-refractivity contribution in [3.05, 3.63) is 0 Å². The van der Waals surface area contributed by atoms with Gasteiger partial charge in [0, 0.05) is 19.3 Å². The highest BCUT2D eigenvalue weighted by Gasteiger charge is 2.52. The highest BCUT2D eigenvalue weighted by atomic mass is 16.5. The molecule has 2 rings (SSSR count). The van der Waals surface area contributed by atoms with E-state index in [1.807, 2.05) is 0 Å². The Morgan fingerprint density at radius 2 is 2.22 bits per heavy atom. The first-order chi connectivity index (χ1) is 8.45. The Balaban J connectivity index is 2.05. The zero-order valence-corrected chi connectivity index (χ0v) is 11.7. The summed E-state index contributed by atoms with van der Waals surface area (Å²) in [5.74, 6) is 1.39. The molecule has 2 aliphatic carbocycles. The van der Waals surface area contributed by atoms with Gasteiger partial charge in [-0.05, 0) is 42.9 Å². The van der Waals surface area contributed by atoms with Gasteiger partial charge in [-0.15, -0.1) is 0 Å². The number of carbonyl (C=O) groups excluding carboxylic acids is 2. The fourth-order valence-electron chi connectivity index (χ4n) is 4.27. The number of rotatable bonds is 3. The lowest BCUT2D eigenvalue weighted by Gasteiger charge is -2.42. The molecule has 2 aliphatic rings. The van der Waals surface area contributed by atoms with E-state index in [0.717, 1.165) is 32.1 Å². The van der Waals surface area contributed by atoms with Gasteiger partial charge in [0.05, 0.1) is 6.61 Å². The normalized spacial score (nSPS) is 37.2. The number of hydrogen-bond acceptors (Lipinski definition) is 3. The van der Waals surface area contributed by atoms with Gasteiger partial charge in [-0.3, -0.25) is 9.59 Å². The average molecular weight is 252 g/mol. The van der Waals surface area contributed by atoms with Crippen LogP contribution in [0.25, 0.3) is 0 Å². The highest BCUT2D eigenvalue weighted by molar-refractivity contribution is 5.83. The van der Waals surface area contributed by atoms with Gasteiger partial charge in [0.2, 0.25) is 0 Å². The third kappa shape index (κ3) is 2.32. The van der Waals surface area contributed by atoms with Crippen molar-refractivity contribution in [1.82, 2.24) is 0 Å². The summed E-state index contributed by atoms with van der Waals surface area (Å²) in [6, 6.07) is 0. The largest absolute Gasteiger partial charge is 0.466 e. The van der Waals surface area contributed by atoms with Crippen molar-refractivity contribution in [2.45, 2.75) is 52.9 Å². The predicted molar refractivity (Wildman–Crippen MR) is 69.0 cm³/mol. The van der Waals surface area contributed by atoms with Crippen LogP contribution in [0.3, 0.4) is 0 Å². The summed E-state index contributed by atoms with van der Waals surface area (Å²) in [6.45, 7) is 6.38. The fourth-order valence-corrected chi connectivity index (χ4v) is 4.27. The first kappa shape index (κ1) is 13.6. The van der Waals surface area contributed by atoms with E-state index in [4.69, 9.17) is 4.74 Å². The molecule has 0 spiro atoms. The number of esters is 1. The SMILES string of the molecule is CC(=O)OCC(C)[C@H]1CC[C@H]2C(=O)CCC[C@]12C. The van der Waals surface area contributed by atoms with Crippen LogP contribution in [0.2, 0.25) is 0 Å². The van der Waals surface area contributed by atoms with Gasteiger partial charge >= 0.3 is 5.97 Å². The molecule has 3 heteroatoms. The van der Waals surface area contributed by atoms with Crippen LogP contribution in [-0.4, -0.2) is 18.4 Å². The number of fused-ring (bicyclic) bond motifs is 1. The molecular formula is C15H24O3. The third-order valence-corrected chi connectivity index (χ3v) is 5.17. The molecule has 0 bridgehead atoms. The minimum Gasteiger partial charge on any atom is -0.466 e. The monoisotopic (exact) mass is 252 g/mol. The van der Waals surface area contributed by atoms with E-state index in [0.29, 0.717) is 24.2 Å². The van der Waals surface area contributed by atoms with Crippen LogP contribution in [-0.2, 0) is 14.3 Å². The zero-order chi connectivity index (χ0) is 13.3. The summed E-state index contributed by atoms with van der Waals surface area (Å²) >= 11 is 0. The summed E-state index contributed by atoms with van der Waals surface area (Å²) in [5.41, 5.74) is 0.148. The van der Waals surface area contributed by atoms with Crippen LogP contribution in [0.5, 0.6) is 0 Å². The standard InChI is InChI=1S/C15H24O3/c1-10(9-18-11(2)16)12-6-7-13-14(17)5-4-8-15(12,13)3/h10,12-13H,4-9H2,1-3H3/t10?,12-,13+,15-/m1/s1. The van der Waals surface area contributed by atoms with E-state index in [9.17, 15) is 9.59 Å². The summed E-state index contributed by atoms with van der Waals surface area (Å²) in [6.07, 6.45) is 5.09. The van der Waals surface area contributed by atoms with Crippen LogP contribution in [0.1, 0.15) is 52.9 Å². The second-order valence-electron chi connectivity index (χ2n) is 6.34. The molecule has 102 valence electrons. The van der Waals surface area contributed by atoms with Crippen molar-refractivity contribution in [3.8, 4) is 0 Å². The van der Waals surface area contributed by atoms with Crippen molar-refractivity contribution in [1.29, 1.82) is 0 Å². The predicted octanol–water partition coefficient (Wildman–Crippen LogP) is 2.97. The molecule has 2 saturated carbocycles. The van der Waals surface area contributed by atoms with Crippen molar-refractivity contribution < 1.29 is 14.3 Å². The van der Waals surface area contributed by atoms with E-state index in [1.54, 1.807) is 0 Å². The lowest BCUT2D eigenvalue weighted by Crippen LogP contribution is -2.40. The van der Waals surface area contributed by atoms with Crippen molar-refractivity contribution in [3.63, 3.8) is 0 Å². The summed E-state index contributed by atoms with van der Waals surface area (Å²) in [7, 11) is 0. The smallest absolute Gasteiger partial charge is 0.302 e. The number of hydrogen-bond donors (Lipinski definition) is 0. The molecule has 0 radical (unpaired) electrons. The molecule has 1 unspecified atom stereocenters. The van der Waals surface area contributed by atoms with Gasteiger partial charge in [0.1, 0.15) is 5.78 Å². The Hall–Kier alpha value is -0.860. The molecule has 18 heavy (non-hydrogen) atoms. The number of carbonyl (C=O) groups is 2. The van der Waals surface area contributed by atoms with E-state index in [-0.39, 0.29) is 17.3 Å². The molecule has 0 aromatic carbocycles. The summed E-state index contributed by atoms with van der Waals surface area (Å²) < 4.78 is 5.14. The maximum atomic E-state index is 12.0. The minimum atomic E-state index is -0.207. The molecule has 0 heterocycles. The Kier molecular flexibility index (Phi) is 3.79. The summed E-state index contributed by atoms with van der Waals surface area (Å²) in [4.78, 5) is 22.9. The second-order valence-corrected chi connectivity index (χ2v) is 6.34. The molecule has 0 aliphatic heterocycles. The molecule has 4 atom stereocenters. The van der Waals surface area contributed by atoms with Crippen molar-refractivity contribution in [2.24, 2.45) is 23.2 Å². The van der Waals surface area contributed by atoms with Crippen LogP contribution in [0.15, 0.2) is 0 Å². The molecule has 0 aromatic heterocycles. The molecular weight excluding hydrogens is 228 g/mol. The number of Topliss-reactive ketones (excluding diaryl/α,β-unsaturated/α-hetero) is 1. The minimum absolute atomic E-state index is 0.148. The number of ketones is 1. The highest BCUT2D eigenvalue weighted by Crippen LogP contribution is 2.56. The Morgan fingerprint density at radius 1 is 1.50 bits per heavy atom. The number of ether oxygens (including phenoxy) is 1. The quantitative estimate of drug-likeness (QED) is 0.725. The van der Waals surface area contributed by atoms with Crippen LogP contribution < -0.4 is 0 Å². The third-order valence-electron chi connectivity index (χ3n) is 5.17. The molecule has 3 nitrogen and oxygen atoms in total. The Labute approximate surface area is 109 Å². The second kappa shape index (κ2) is 5.02. The Bertz CT molecular complexity index is 350. The van der Waals surface area contributed by atoms with Gasteiger partial charge in [0.15, 0.2) is 0 Å². The Morgan fingerprint density at radius 3 is 2.89 bits per heavy atom. The first-order valence-electron chi connectivity index (χ1n) is 7.11. The van der Waals surface area contributed by atoms with Crippen LogP contribution in [0, 0.1) is 23.2 Å². The van der Waals surface area contributed by atoms with Gasteiger partial charge in [0.25, 0.3) is 0 Å². The van der Waals surface area contributed by atoms with Crippen LogP contribution in [0.4, 0.5) is 0 Å². The van der Waals surface area contributed by atoms with E-state index in [1.165, 1.54) is 6.92 Å². The maximum Gasteiger partial charge on any atom is 0.302 e. The van der Waals surface area contributed by atoms with E-state index < -0.39 is 0 Å². The lowest BCUT2D eigenvalue weighted by atomic mass is 9.62. The molecule has 0 amide bonds. The van der Waals surface area contributed by atoms with Gasteiger partial charge < -0.3 is 4.74 Å². The molecule has 0 N–H and O–H groups in total. The zero-order valence-electron chi connectivity index (χ0n) is 11.7. The topological polar surface area (TPSA) is 43.4 Å². The molecule has 2 fully saturated rings. The fraction of sp³-hybridized carbons (Fsp3) is 0.867. The van der Waals surface area contributed by atoms with Crippen LogP contribution >= 0.6 is 0 Å². The average Bonchev–Trinajstić information content (AvgIpc) is 2.64. The van der Waals surface area contributed by atoms with Gasteiger partial charge in [-0.25, -0.2) is 0 Å². The molecule has 0 aromatic rings. The first-order valence-corrected chi connectivity index (χ1v) is 7.11.